The van der Waals surface area contributed by atoms with Gasteiger partial charge in [0.15, 0.2) is 0 Å². The number of carbonyl (C=O) groups is 2. The Hall–Kier alpha value is -1.46. The van der Waals surface area contributed by atoms with E-state index in [-0.39, 0.29) is 24.9 Å². The number of halogens is 2. The molecule has 0 bridgehead atoms. The maximum atomic E-state index is 11.8. The van der Waals surface area contributed by atoms with E-state index in [4.69, 9.17) is 27.9 Å². The average molecular weight is 333 g/mol. The summed E-state index contributed by atoms with van der Waals surface area (Å²) in [5.41, 5.74) is 0.409. The summed E-state index contributed by atoms with van der Waals surface area (Å²) in [6.07, 6.45) is -0.493. The van der Waals surface area contributed by atoms with Crippen molar-refractivity contribution in [1.29, 1.82) is 0 Å². The minimum Gasteiger partial charge on any atom is -0.449 e. The number of hydrogen-bond acceptors (Lipinski definition) is 3. The van der Waals surface area contributed by atoms with Gasteiger partial charge in [0.25, 0.3) is 5.91 Å². The van der Waals surface area contributed by atoms with Crippen molar-refractivity contribution in [2.45, 2.75) is 13.8 Å². The summed E-state index contributed by atoms with van der Waals surface area (Å²) < 4.78 is 4.93. The van der Waals surface area contributed by atoms with Gasteiger partial charge in [-0.1, -0.05) is 37.0 Å². The molecule has 21 heavy (non-hydrogen) atoms. The van der Waals surface area contributed by atoms with E-state index in [0.29, 0.717) is 22.2 Å². The van der Waals surface area contributed by atoms with E-state index in [1.54, 1.807) is 12.1 Å². The van der Waals surface area contributed by atoms with Gasteiger partial charge < -0.3 is 15.4 Å². The van der Waals surface area contributed by atoms with Gasteiger partial charge >= 0.3 is 6.09 Å². The van der Waals surface area contributed by atoms with E-state index in [1.165, 1.54) is 6.07 Å². The van der Waals surface area contributed by atoms with Gasteiger partial charge in [0, 0.05) is 18.7 Å². The molecule has 0 aliphatic heterocycles. The summed E-state index contributed by atoms with van der Waals surface area (Å²) in [6, 6.07) is 4.62. The maximum absolute atomic E-state index is 11.8. The summed E-state index contributed by atoms with van der Waals surface area (Å²) in [6.45, 7) is 4.83. The smallest absolute Gasteiger partial charge is 0.407 e. The Morgan fingerprint density at radius 2 is 1.81 bits per heavy atom. The first-order chi connectivity index (χ1) is 9.90. The standard InChI is InChI=1S/C14H18Cl2N2O3/c1-9(2)8-21-14(20)18-6-5-17-13(19)10-3-4-11(15)12(16)7-10/h3-4,7,9H,5-6,8H2,1-2H3,(H,17,19)(H,18,20). The van der Waals surface area contributed by atoms with Gasteiger partial charge in [-0.2, -0.15) is 0 Å². The Kier molecular flexibility index (Phi) is 7.32. The summed E-state index contributed by atoms with van der Waals surface area (Å²) in [5.74, 6) is -0.00368. The second kappa shape index (κ2) is 8.74. The molecule has 116 valence electrons. The molecule has 0 saturated carbocycles. The minimum absolute atomic E-state index is 0.282. The molecule has 0 radical (unpaired) electrons. The van der Waals surface area contributed by atoms with Gasteiger partial charge in [0.2, 0.25) is 0 Å². The molecule has 0 spiro atoms. The highest BCUT2D eigenvalue weighted by Gasteiger charge is 2.08. The highest BCUT2D eigenvalue weighted by atomic mass is 35.5. The lowest BCUT2D eigenvalue weighted by atomic mass is 10.2. The van der Waals surface area contributed by atoms with Crippen LogP contribution >= 0.6 is 23.2 Å². The van der Waals surface area contributed by atoms with Crippen LogP contribution < -0.4 is 10.6 Å². The molecule has 2 amide bonds. The largest absolute Gasteiger partial charge is 0.449 e. The highest BCUT2D eigenvalue weighted by Crippen LogP contribution is 2.22. The van der Waals surface area contributed by atoms with Crippen molar-refractivity contribution < 1.29 is 14.3 Å². The maximum Gasteiger partial charge on any atom is 0.407 e. The number of rotatable bonds is 6. The first-order valence-corrected chi connectivity index (χ1v) is 7.29. The predicted octanol–water partition coefficient (Wildman–Crippen LogP) is 3.11. The highest BCUT2D eigenvalue weighted by molar-refractivity contribution is 6.42. The molecule has 0 atom stereocenters. The van der Waals surface area contributed by atoms with E-state index in [9.17, 15) is 9.59 Å². The van der Waals surface area contributed by atoms with Crippen molar-refractivity contribution in [3.8, 4) is 0 Å². The van der Waals surface area contributed by atoms with Crippen molar-refractivity contribution in [2.75, 3.05) is 19.7 Å². The van der Waals surface area contributed by atoms with Crippen LogP contribution in [0.5, 0.6) is 0 Å². The molecule has 0 heterocycles. The Balaban J connectivity index is 2.27. The fourth-order valence-electron chi connectivity index (χ4n) is 1.37. The van der Waals surface area contributed by atoms with Crippen LogP contribution in [0, 0.1) is 5.92 Å². The Labute approximate surface area is 133 Å². The van der Waals surface area contributed by atoms with Crippen LogP contribution in [-0.4, -0.2) is 31.7 Å². The van der Waals surface area contributed by atoms with Crippen molar-refractivity contribution in [2.24, 2.45) is 5.92 Å². The van der Waals surface area contributed by atoms with Gasteiger partial charge in [-0.3, -0.25) is 4.79 Å². The zero-order chi connectivity index (χ0) is 15.8. The van der Waals surface area contributed by atoms with E-state index in [0.717, 1.165) is 0 Å². The lowest BCUT2D eigenvalue weighted by Gasteiger charge is -2.09. The van der Waals surface area contributed by atoms with Gasteiger partial charge in [-0.05, 0) is 24.1 Å². The third-order valence-corrected chi connectivity index (χ3v) is 3.15. The fourth-order valence-corrected chi connectivity index (χ4v) is 1.67. The average Bonchev–Trinajstić information content (AvgIpc) is 2.44. The molecular weight excluding hydrogens is 315 g/mol. The number of amides is 2. The van der Waals surface area contributed by atoms with Crippen LogP contribution in [0.4, 0.5) is 4.79 Å². The Bertz CT molecular complexity index is 507. The zero-order valence-electron chi connectivity index (χ0n) is 11.9. The first kappa shape index (κ1) is 17.6. The Morgan fingerprint density at radius 3 is 2.43 bits per heavy atom. The number of hydrogen-bond donors (Lipinski definition) is 2. The van der Waals surface area contributed by atoms with Crippen molar-refractivity contribution >= 4 is 35.2 Å². The predicted molar refractivity (Wildman–Crippen MR) is 83.0 cm³/mol. The lowest BCUT2D eigenvalue weighted by Crippen LogP contribution is -2.35. The lowest BCUT2D eigenvalue weighted by molar-refractivity contribution is 0.0951. The molecule has 0 fully saturated rings. The zero-order valence-corrected chi connectivity index (χ0v) is 13.4. The molecule has 0 saturated heterocycles. The summed E-state index contributed by atoms with van der Waals surface area (Å²) in [4.78, 5) is 23.1. The SMILES string of the molecule is CC(C)COC(=O)NCCNC(=O)c1ccc(Cl)c(Cl)c1. The monoisotopic (exact) mass is 332 g/mol. The number of ether oxygens (including phenoxy) is 1. The van der Waals surface area contributed by atoms with Gasteiger partial charge in [0.05, 0.1) is 16.7 Å². The van der Waals surface area contributed by atoms with Crippen molar-refractivity contribution in [3.05, 3.63) is 33.8 Å². The molecule has 1 aromatic rings. The summed E-state index contributed by atoms with van der Waals surface area (Å²) >= 11 is 11.6. The third-order valence-electron chi connectivity index (χ3n) is 2.41. The molecule has 0 aliphatic rings. The van der Waals surface area contributed by atoms with Crippen molar-refractivity contribution in [3.63, 3.8) is 0 Å². The second-order valence-electron chi connectivity index (χ2n) is 4.80. The molecule has 0 aliphatic carbocycles. The first-order valence-electron chi connectivity index (χ1n) is 6.54. The third kappa shape index (κ3) is 6.69. The molecule has 0 aromatic heterocycles. The molecule has 1 rings (SSSR count). The normalized spacial score (nSPS) is 10.3. The number of alkyl carbamates (subject to hydrolysis) is 1. The second-order valence-corrected chi connectivity index (χ2v) is 5.62. The van der Waals surface area contributed by atoms with E-state index in [1.807, 2.05) is 13.8 Å². The van der Waals surface area contributed by atoms with Crippen LogP contribution in [0.1, 0.15) is 24.2 Å². The number of nitrogens with one attached hydrogen (secondary N) is 2. The molecule has 7 heteroatoms. The fraction of sp³-hybridized carbons (Fsp3) is 0.429. The minimum atomic E-state index is -0.493. The van der Waals surface area contributed by atoms with Gasteiger partial charge in [-0.25, -0.2) is 4.79 Å². The van der Waals surface area contributed by atoms with Gasteiger partial charge in [-0.15, -0.1) is 0 Å². The molecule has 1 aromatic carbocycles. The quantitative estimate of drug-likeness (QED) is 0.786. The van der Waals surface area contributed by atoms with Crippen LogP contribution in [-0.2, 0) is 4.74 Å². The summed E-state index contributed by atoms with van der Waals surface area (Å²) in [5, 5.41) is 5.91. The molecule has 2 N–H and O–H groups in total. The molecular formula is C14H18Cl2N2O3. The summed E-state index contributed by atoms with van der Waals surface area (Å²) in [7, 11) is 0. The Morgan fingerprint density at radius 1 is 1.14 bits per heavy atom. The van der Waals surface area contributed by atoms with Crippen LogP contribution in [0.15, 0.2) is 18.2 Å². The molecule has 0 unspecified atom stereocenters. The topological polar surface area (TPSA) is 67.4 Å². The van der Waals surface area contributed by atoms with Crippen molar-refractivity contribution in [1.82, 2.24) is 10.6 Å². The van der Waals surface area contributed by atoms with Crippen LogP contribution in [0.2, 0.25) is 10.0 Å². The van der Waals surface area contributed by atoms with Crippen LogP contribution in [0.3, 0.4) is 0 Å². The van der Waals surface area contributed by atoms with Crippen LogP contribution in [0.25, 0.3) is 0 Å². The van der Waals surface area contributed by atoms with E-state index >= 15 is 0 Å². The van der Waals surface area contributed by atoms with E-state index in [2.05, 4.69) is 10.6 Å². The number of benzene rings is 1. The molecule has 5 nitrogen and oxygen atoms in total. The van der Waals surface area contributed by atoms with Gasteiger partial charge in [0.1, 0.15) is 0 Å². The van der Waals surface area contributed by atoms with E-state index < -0.39 is 6.09 Å². The number of carbonyl (C=O) groups excluding carboxylic acids is 2.